The fourth-order valence-electron chi connectivity index (χ4n) is 1.66. The van der Waals surface area contributed by atoms with Crippen LogP contribution in [-0.2, 0) is 0 Å². The first-order valence-electron chi connectivity index (χ1n) is 5.20. The van der Waals surface area contributed by atoms with E-state index in [1.165, 1.54) is 11.3 Å². The number of rotatable bonds is 3. The minimum atomic E-state index is -0.692. The van der Waals surface area contributed by atoms with Crippen LogP contribution in [0.5, 0.6) is 5.75 Å². The van der Waals surface area contributed by atoms with Crippen molar-refractivity contribution in [1.29, 1.82) is 0 Å². The van der Waals surface area contributed by atoms with E-state index in [1.54, 1.807) is 7.11 Å². The van der Waals surface area contributed by atoms with Crippen molar-refractivity contribution in [2.75, 3.05) is 7.11 Å². The lowest BCUT2D eigenvalue weighted by molar-refractivity contribution is 0.218. The largest absolute Gasteiger partial charge is 0.496 e. The second kappa shape index (κ2) is 5.08. The van der Waals surface area contributed by atoms with E-state index in [2.05, 4.69) is 0 Å². The zero-order valence-corrected chi connectivity index (χ0v) is 11.2. The Morgan fingerprint density at radius 1 is 1.35 bits per heavy atom. The molecule has 0 amide bonds. The molecule has 0 aliphatic carbocycles. The maximum Gasteiger partial charge on any atom is 0.125 e. The minimum Gasteiger partial charge on any atom is -0.496 e. The number of aryl methyl sites for hydroxylation is 1. The Hall–Kier alpha value is -1.03. The van der Waals surface area contributed by atoms with Crippen molar-refractivity contribution in [1.82, 2.24) is 0 Å². The molecule has 0 saturated heterocycles. The van der Waals surface area contributed by atoms with E-state index in [4.69, 9.17) is 16.3 Å². The molecule has 0 spiro atoms. The lowest BCUT2D eigenvalue weighted by Gasteiger charge is -2.12. The molecule has 2 rings (SSSR count). The fourth-order valence-corrected chi connectivity index (χ4v) is 2.89. The Balaban J connectivity index is 2.39. The topological polar surface area (TPSA) is 29.5 Å². The smallest absolute Gasteiger partial charge is 0.125 e. The maximum absolute atomic E-state index is 10.3. The molecular weight excluding hydrogens is 256 g/mol. The lowest BCUT2D eigenvalue weighted by Crippen LogP contribution is -2.00. The third kappa shape index (κ3) is 2.46. The zero-order valence-electron chi connectivity index (χ0n) is 9.61. The molecule has 0 fully saturated rings. The third-order valence-electron chi connectivity index (χ3n) is 2.58. The van der Waals surface area contributed by atoms with Gasteiger partial charge in [-0.1, -0.05) is 29.8 Å². The monoisotopic (exact) mass is 268 g/mol. The van der Waals surface area contributed by atoms with Gasteiger partial charge in [0.15, 0.2) is 0 Å². The lowest BCUT2D eigenvalue weighted by atomic mass is 10.1. The molecule has 1 aromatic carbocycles. The van der Waals surface area contributed by atoms with Gasteiger partial charge >= 0.3 is 0 Å². The second-order valence-corrected chi connectivity index (χ2v) is 5.44. The van der Waals surface area contributed by atoms with E-state index in [0.717, 1.165) is 16.0 Å². The highest BCUT2D eigenvalue weighted by Crippen LogP contribution is 2.36. The molecule has 4 heteroatoms. The van der Waals surface area contributed by atoms with Crippen molar-refractivity contribution in [3.63, 3.8) is 0 Å². The number of hydrogen-bond donors (Lipinski definition) is 1. The van der Waals surface area contributed by atoms with Crippen molar-refractivity contribution in [3.05, 3.63) is 50.7 Å². The number of benzene rings is 1. The fraction of sp³-hybridized carbons (Fsp3) is 0.231. The molecule has 1 unspecified atom stereocenters. The van der Waals surface area contributed by atoms with Crippen LogP contribution in [0.25, 0.3) is 0 Å². The average Bonchev–Trinajstić information content (AvgIpc) is 2.68. The number of para-hydroxylation sites is 1. The first-order valence-corrected chi connectivity index (χ1v) is 6.39. The Morgan fingerprint density at radius 2 is 2.06 bits per heavy atom. The van der Waals surface area contributed by atoms with Crippen molar-refractivity contribution in [2.24, 2.45) is 0 Å². The van der Waals surface area contributed by atoms with Gasteiger partial charge in [0.25, 0.3) is 0 Å². The van der Waals surface area contributed by atoms with E-state index < -0.39 is 6.10 Å². The molecule has 0 saturated carbocycles. The van der Waals surface area contributed by atoms with Gasteiger partial charge in [-0.2, -0.15) is 0 Å². The van der Waals surface area contributed by atoms with E-state index >= 15 is 0 Å². The van der Waals surface area contributed by atoms with Crippen LogP contribution in [0, 0.1) is 6.92 Å². The van der Waals surface area contributed by atoms with Crippen molar-refractivity contribution < 1.29 is 9.84 Å². The summed E-state index contributed by atoms with van der Waals surface area (Å²) in [5.41, 5.74) is 1.74. The van der Waals surface area contributed by atoms with Crippen LogP contribution >= 0.6 is 22.9 Å². The van der Waals surface area contributed by atoms with Crippen LogP contribution in [0.3, 0.4) is 0 Å². The Kier molecular flexibility index (Phi) is 3.72. The van der Waals surface area contributed by atoms with Crippen LogP contribution in [-0.4, -0.2) is 12.2 Å². The summed E-state index contributed by atoms with van der Waals surface area (Å²) in [4.78, 5) is 0.831. The molecule has 90 valence electrons. The normalized spacial score (nSPS) is 12.5. The van der Waals surface area contributed by atoms with Crippen LogP contribution in [0.15, 0.2) is 30.3 Å². The molecule has 17 heavy (non-hydrogen) atoms. The molecular formula is C13H13ClO2S. The van der Waals surface area contributed by atoms with Crippen LogP contribution in [0.2, 0.25) is 4.34 Å². The Bertz CT molecular complexity index is 502. The first kappa shape index (κ1) is 12.4. The van der Waals surface area contributed by atoms with E-state index in [0.29, 0.717) is 10.1 Å². The number of ether oxygens (including phenoxy) is 1. The van der Waals surface area contributed by atoms with Gasteiger partial charge in [-0.05, 0) is 24.6 Å². The summed E-state index contributed by atoms with van der Waals surface area (Å²) in [5.74, 6) is 0.683. The predicted octanol–water partition coefficient (Wildman–Crippen LogP) is 3.80. The Morgan fingerprint density at radius 3 is 2.65 bits per heavy atom. The van der Waals surface area contributed by atoms with Gasteiger partial charge in [0.05, 0.1) is 11.4 Å². The van der Waals surface area contributed by atoms with E-state index in [1.807, 2.05) is 37.3 Å². The predicted molar refractivity (Wildman–Crippen MR) is 71.1 cm³/mol. The van der Waals surface area contributed by atoms with Crippen LogP contribution in [0.1, 0.15) is 22.1 Å². The van der Waals surface area contributed by atoms with Crippen molar-refractivity contribution >= 4 is 22.9 Å². The number of hydrogen-bond acceptors (Lipinski definition) is 3. The van der Waals surface area contributed by atoms with Gasteiger partial charge in [0, 0.05) is 10.4 Å². The zero-order chi connectivity index (χ0) is 12.4. The van der Waals surface area contributed by atoms with E-state index in [9.17, 15) is 5.11 Å². The van der Waals surface area contributed by atoms with Crippen LogP contribution < -0.4 is 4.74 Å². The number of aliphatic hydroxyl groups is 1. The molecule has 1 heterocycles. The number of methoxy groups -OCH3 is 1. The highest BCUT2D eigenvalue weighted by atomic mass is 35.5. The summed E-state index contributed by atoms with van der Waals surface area (Å²) in [6.45, 7) is 1.93. The molecule has 1 N–H and O–H groups in total. The number of halogens is 1. The first-order chi connectivity index (χ1) is 8.13. The van der Waals surface area contributed by atoms with Gasteiger partial charge in [0.2, 0.25) is 0 Å². The molecule has 2 nitrogen and oxygen atoms in total. The summed E-state index contributed by atoms with van der Waals surface area (Å²) in [6.07, 6.45) is -0.692. The van der Waals surface area contributed by atoms with Crippen molar-refractivity contribution in [3.8, 4) is 5.75 Å². The van der Waals surface area contributed by atoms with Gasteiger partial charge in [-0.25, -0.2) is 0 Å². The van der Waals surface area contributed by atoms with Gasteiger partial charge in [0.1, 0.15) is 11.9 Å². The van der Waals surface area contributed by atoms with Gasteiger partial charge in [-0.3, -0.25) is 0 Å². The summed E-state index contributed by atoms with van der Waals surface area (Å²) in [5, 5.41) is 10.3. The third-order valence-corrected chi connectivity index (χ3v) is 4.19. The number of thiophene rings is 1. The molecule has 2 aromatic rings. The number of aliphatic hydroxyl groups excluding tert-OH is 1. The molecule has 0 aliphatic rings. The van der Waals surface area contributed by atoms with E-state index in [-0.39, 0.29) is 0 Å². The second-order valence-electron chi connectivity index (χ2n) is 3.75. The average molecular weight is 269 g/mol. The molecule has 0 aliphatic heterocycles. The molecule has 0 bridgehead atoms. The molecule has 1 atom stereocenters. The highest BCUT2D eigenvalue weighted by Gasteiger charge is 2.17. The van der Waals surface area contributed by atoms with Gasteiger partial charge < -0.3 is 9.84 Å². The summed E-state index contributed by atoms with van der Waals surface area (Å²) in [7, 11) is 1.60. The Labute approximate surface area is 109 Å². The summed E-state index contributed by atoms with van der Waals surface area (Å²) >= 11 is 7.41. The maximum atomic E-state index is 10.3. The SMILES string of the molecule is COc1ccccc1C(O)c1cc(C)c(Cl)s1. The quantitative estimate of drug-likeness (QED) is 0.917. The summed E-state index contributed by atoms with van der Waals surface area (Å²) < 4.78 is 5.95. The molecule has 0 radical (unpaired) electrons. The highest BCUT2D eigenvalue weighted by molar-refractivity contribution is 7.16. The van der Waals surface area contributed by atoms with Gasteiger partial charge in [-0.15, -0.1) is 11.3 Å². The van der Waals surface area contributed by atoms with Crippen LogP contribution in [0.4, 0.5) is 0 Å². The standard InChI is InChI=1S/C13H13ClO2S/c1-8-7-11(17-13(8)14)12(15)9-5-3-4-6-10(9)16-2/h3-7,12,15H,1-2H3. The minimum absolute atomic E-state index is 0.683. The van der Waals surface area contributed by atoms with Crippen molar-refractivity contribution in [2.45, 2.75) is 13.0 Å². The summed E-state index contributed by atoms with van der Waals surface area (Å²) in [6, 6.07) is 9.35. The molecule has 1 aromatic heterocycles.